The van der Waals surface area contributed by atoms with Gasteiger partial charge in [0, 0.05) is 24.9 Å². The van der Waals surface area contributed by atoms with E-state index in [9.17, 15) is 5.11 Å². The molecule has 2 N–H and O–H groups in total. The number of para-hydroxylation sites is 1. The summed E-state index contributed by atoms with van der Waals surface area (Å²) in [5.74, 6) is 3.05. The van der Waals surface area contributed by atoms with Gasteiger partial charge in [-0.3, -0.25) is 0 Å². The Morgan fingerprint density at radius 2 is 1.94 bits per heavy atom. The Kier molecular flexibility index (Phi) is 6.81. The lowest BCUT2D eigenvalue weighted by molar-refractivity contribution is 0.105. The molecule has 0 aliphatic rings. The topological polar surface area (TPSA) is 103 Å². The predicted octanol–water partition coefficient (Wildman–Crippen LogP) is 3.45. The fourth-order valence-electron chi connectivity index (χ4n) is 3.00. The van der Waals surface area contributed by atoms with Crippen molar-refractivity contribution in [3.8, 4) is 23.1 Å². The fraction of sp³-hybridized carbons (Fsp3) is 0.304. The summed E-state index contributed by atoms with van der Waals surface area (Å²) < 4.78 is 22.3. The number of hydrogen-bond acceptors (Lipinski definition) is 8. The second-order valence-corrected chi connectivity index (χ2v) is 7.01. The number of aliphatic hydroxyl groups is 1. The lowest BCUT2D eigenvalue weighted by Gasteiger charge is -2.13. The Morgan fingerprint density at radius 1 is 1.06 bits per heavy atom. The number of ether oxygens (including phenoxy) is 2. The van der Waals surface area contributed by atoms with Crippen LogP contribution in [0.25, 0.3) is 22.6 Å². The van der Waals surface area contributed by atoms with E-state index < -0.39 is 6.10 Å². The lowest BCUT2D eigenvalue weighted by atomic mass is 10.2. The third-order valence-electron chi connectivity index (χ3n) is 4.59. The summed E-state index contributed by atoms with van der Waals surface area (Å²) in [5, 5.41) is 18.0. The van der Waals surface area contributed by atoms with Crippen molar-refractivity contribution in [3.05, 3.63) is 60.5 Å². The number of fused-ring (bicyclic) bond motifs is 1. The molecule has 0 spiro atoms. The van der Waals surface area contributed by atoms with Crippen LogP contribution < -0.4 is 14.8 Å². The summed E-state index contributed by atoms with van der Waals surface area (Å²) in [7, 11) is 0. The third kappa shape index (κ3) is 5.62. The van der Waals surface area contributed by atoms with Crippen molar-refractivity contribution in [3.63, 3.8) is 0 Å². The summed E-state index contributed by atoms with van der Waals surface area (Å²) >= 11 is 0. The number of aryl methyl sites for hydroxylation is 1. The first-order valence-corrected chi connectivity index (χ1v) is 10.3. The zero-order valence-corrected chi connectivity index (χ0v) is 17.3. The molecule has 0 unspecified atom stereocenters. The van der Waals surface area contributed by atoms with Crippen molar-refractivity contribution in [2.24, 2.45) is 0 Å². The molecular formula is C23H25N3O5. The second-order valence-electron chi connectivity index (χ2n) is 7.01. The molecule has 4 rings (SSSR count). The van der Waals surface area contributed by atoms with E-state index in [1.165, 1.54) is 0 Å². The molecule has 0 fully saturated rings. The maximum Gasteiger partial charge on any atom is 0.238 e. The summed E-state index contributed by atoms with van der Waals surface area (Å²) in [4.78, 5) is 4.29. The number of hydrogen-bond donors (Lipinski definition) is 2. The van der Waals surface area contributed by atoms with E-state index in [1.807, 2.05) is 61.5 Å². The third-order valence-corrected chi connectivity index (χ3v) is 4.59. The molecule has 0 aliphatic carbocycles. The molecule has 2 heterocycles. The van der Waals surface area contributed by atoms with E-state index >= 15 is 0 Å². The van der Waals surface area contributed by atoms with E-state index in [2.05, 4.69) is 15.5 Å². The number of aliphatic hydroxyl groups excluding tert-OH is 1. The molecule has 162 valence electrons. The van der Waals surface area contributed by atoms with Gasteiger partial charge in [0.1, 0.15) is 36.4 Å². The number of nitrogens with one attached hydrogen (secondary N) is 1. The maximum absolute atomic E-state index is 10.0. The van der Waals surface area contributed by atoms with Gasteiger partial charge >= 0.3 is 0 Å². The zero-order valence-electron chi connectivity index (χ0n) is 17.3. The van der Waals surface area contributed by atoms with Crippen LogP contribution in [0.3, 0.4) is 0 Å². The Morgan fingerprint density at radius 3 is 2.74 bits per heavy atom. The Hall–Kier alpha value is -3.36. The molecular weight excluding hydrogens is 398 g/mol. The molecule has 0 saturated heterocycles. The number of aromatic nitrogens is 2. The lowest BCUT2D eigenvalue weighted by Crippen LogP contribution is -2.33. The molecule has 0 aliphatic heterocycles. The highest BCUT2D eigenvalue weighted by molar-refractivity contribution is 5.83. The van der Waals surface area contributed by atoms with E-state index in [0.717, 1.165) is 22.5 Å². The minimum Gasteiger partial charge on any atom is -0.492 e. The second kappa shape index (κ2) is 10.1. The molecule has 0 radical (unpaired) electrons. The van der Waals surface area contributed by atoms with Crippen LogP contribution in [0, 0.1) is 0 Å². The van der Waals surface area contributed by atoms with Gasteiger partial charge in [0.2, 0.25) is 11.7 Å². The number of furan rings is 1. The first-order valence-electron chi connectivity index (χ1n) is 10.3. The minimum atomic E-state index is -0.598. The van der Waals surface area contributed by atoms with Crippen LogP contribution in [-0.2, 0) is 6.42 Å². The van der Waals surface area contributed by atoms with E-state index in [-0.39, 0.29) is 6.61 Å². The van der Waals surface area contributed by atoms with E-state index in [1.54, 1.807) is 0 Å². The molecule has 2 aromatic heterocycles. The minimum absolute atomic E-state index is 0.234. The van der Waals surface area contributed by atoms with Crippen molar-refractivity contribution in [1.82, 2.24) is 15.5 Å². The average Bonchev–Trinajstić information content (AvgIpc) is 3.44. The number of rotatable bonds is 11. The Labute approximate surface area is 179 Å². The van der Waals surface area contributed by atoms with Crippen LogP contribution in [0.5, 0.6) is 11.5 Å². The van der Waals surface area contributed by atoms with Crippen molar-refractivity contribution in [2.75, 3.05) is 26.3 Å². The molecule has 0 saturated carbocycles. The summed E-state index contributed by atoms with van der Waals surface area (Å²) in [6, 6.07) is 16.9. The van der Waals surface area contributed by atoms with Crippen molar-refractivity contribution in [1.29, 1.82) is 0 Å². The molecule has 0 amide bonds. The smallest absolute Gasteiger partial charge is 0.238 e. The van der Waals surface area contributed by atoms with Gasteiger partial charge < -0.3 is 28.8 Å². The highest BCUT2D eigenvalue weighted by Gasteiger charge is 2.13. The predicted molar refractivity (Wildman–Crippen MR) is 115 cm³/mol. The molecule has 0 bridgehead atoms. The Bertz CT molecular complexity index is 1090. The normalized spacial score (nSPS) is 12.2. The van der Waals surface area contributed by atoms with Gasteiger partial charge in [-0.25, -0.2) is 0 Å². The molecule has 1 atom stereocenters. The van der Waals surface area contributed by atoms with Gasteiger partial charge in [-0.2, -0.15) is 4.98 Å². The van der Waals surface area contributed by atoms with E-state index in [0.29, 0.717) is 43.6 Å². The summed E-state index contributed by atoms with van der Waals surface area (Å²) in [5.41, 5.74) is 0.727. The van der Waals surface area contributed by atoms with E-state index in [4.69, 9.17) is 18.4 Å². The van der Waals surface area contributed by atoms with Gasteiger partial charge in [0.15, 0.2) is 5.76 Å². The molecule has 8 heteroatoms. The van der Waals surface area contributed by atoms with Crippen LogP contribution in [0.4, 0.5) is 0 Å². The Balaban J connectivity index is 1.21. The molecule has 8 nitrogen and oxygen atoms in total. The maximum atomic E-state index is 10.0. The van der Waals surface area contributed by atoms with Gasteiger partial charge in [-0.05, 0) is 36.4 Å². The van der Waals surface area contributed by atoms with Crippen LogP contribution >= 0.6 is 0 Å². The number of benzene rings is 2. The first-order chi connectivity index (χ1) is 15.2. The summed E-state index contributed by atoms with van der Waals surface area (Å²) in [6.07, 6.45) is 0.0790. The highest BCUT2D eigenvalue weighted by Crippen LogP contribution is 2.28. The fourth-order valence-corrected chi connectivity index (χ4v) is 3.00. The van der Waals surface area contributed by atoms with Crippen molar-refractivity contribution < 1.29 is 23.5 Å². The SMILES string of the molecule is CCc1nc(-c2cc3cc(OCCNC[C@H](O)COc4ccccc4)ccc3o2)no1. The van der Waals surface area contributed by atoms with Crippen LogP contribution in [-0.4, -0.2) is 47.7 Å². The molecule has 2 aromatic carbocycles. The van der Waals surface area contributed by atoms with Crippen LogP contribution in [0.1, 0.15) is 12.8 Å². The van der Waals surface area contributed by atoms with Gasteiger partial charge in [-0.15, -0.1) is 0 Å². The molecule has 4 aromatic rings. The zero-order chi connectivity index (χ0) is 21.5. The van der Waals surface area contributed by atoms with Gasteiger partial charge in [-0.1, -0.05) is 30.3 Å². The molecule has 31 heavy (non-hydrogen) atoms. The van der Waals surface area contributed by atoms with Gasteiger partial charge in [0.05, 0.1) is 0 Å². The highest BCUT2D eigenvalue weighted by atomic mass is 16.5. The first kappa shape index (κ1) is 20.9. The average molecular weight is 423 g/mol. The van der Waals surface area contributed by atoms with Crippen LogP contribution in [0.2, 0.25) is 0 Å². The quantitative estimate of drug-likeness (QED) is 0.354. The number of nitrogens with zero attached hydrogens (tertiary/aromatic N) is 2. The van der Waals surface area contributed by atoms with Crippen LogP contribution in [0.15, 0.2) is 63.5 Å². The largest absolute Gasteiger partial charge is 0.492 e. The van der Waals surface area contributed by atoms with Crippen molar-refractivity contribution >= 4 is 11.0 Å². The van der Waals surface area contributed by atoms with Crippen molar-refractivity contribution in [2.45, 2.75) is 19.4 Å². The summed E-state index contributed by atoms with van der Waals surface area (Å²) in [6.45, 7) is 3.67. The monoisotopic (exact) mass is 423 g/mol. The standard InChI is InChI=1S/C23H25N3O5/c1-2-22-25-23(26-31-22)21-13-16-12-19(8-9-20(16)30-21)28-11-10-24-14-17(27)15-29-18-6-4-3-5-7-18/h3-9,12-13,17,24,27H,2,10-11,14-15H2,1H3/t17-/m0/s1. The van der Waals surface area contributed by atoms with Gasteiger partial charge in [0.25, 0.3) is 0 Å².